The highest BCUT2D eigenvalue weighted by Gasteiger charge is 1.82. The molecule has 0 saturated carbocycles. The zero-order valence-electron chi connectivity index (χ0n) is 8.88. The number of phenols is 1. The topological polar surface area (TPSA) is 20.2 Å². The molecule has 0 amide bonds. The van der Waals surface area contributed by atoms with Crippen LogP contribution < -0.4 is 0 Å². The molecule has 1 N–H and O–H groups in total. The molecule has 0 saturated heterocycles. The monoisotopic (exact) mass is 180 g/mol. The van der Waals surface area contributed by atoms with Gasteiger partial charge < -0.3 is 5.11 Å². The van der Waals surface area contributed by atoms with Crippen LogP contribution in [0.3, 0.4) is 0 Å². The predicted octanol–water partition coefficient (Wildman–Crippen LogP) is 3.90. The van der Waals surface area contributed by atoms with Crippen molar-refractivity contribution in [3.05, 3.63) is 29.8 Å². The summed E-state index contributed by atoms with van der Waals surface area (Å²) in [5.74, 6) is 0.329. The van der Waals surface area contributed by atoms with Crippen molar-refractivity contribution in [3.8, 4) is 5.75 Å². The Morgan fingerprint density at radius 2 is 1.46 bits per heavy atom. The van der Waals surface area contributed by atoms with Gasteiger partial charge in [0.05, 0.1) is 0 Å². The van der Waals surface area contributed by atoms with Crippen molar-refractivity contribution in [2.24, 2.45) is 0 Å². The van der Waals surface area contributed by atoms with Gasteiger partial charge in [-0.15, -0.1) is 0 Å². The first kappa shape index (κ1) is 12.0. The Morgan fingerprint density at radius 3 is 1.69 bits per heavy atom. The van der Waals surface area contributed by atoms with Crippen molar-refractivity contribution < 1.29 is 5.11 Å². The SMILES string of the molecule is CCCCC.Cc1ccc(O)cc1. The molecule has 0 radical (unpaired) electrons. The molecule has 0 spiro atoms. The van der Waals surface area contributed by atoms with Crippen molar-refractivity contribution in [2.75, 3.05) is 0 Å². The van der Waals surface area contributed by atoms with E-state index in [1.165, 1.54) is 24.8 Å². The Kier molecular flexibility index (Phi) is 7.08. The minimum absolute atomic E-state index is 0.329. The van der Waals surface area contributed by atoms with Gasteiger partial charge in [-0.2, -0.15) is 0 Å². The van der Waals surface area contributed by atoms with E-state index in [4.69, 9.17) is 5.11 Å². The van der Waals surface area contributed by atoms with E-state index in [0.29, 0.717) is 5.75 Å². The van der Waals surface area contributed by atoms with Crippen LogP contribution in [0, 0.1) is 6.92 Å². The maximum atomic E-state index is 8.76. The highest BCUT2D eigenvalue weighted by molar-refractivity contribution is 5.24. The number of unbranched alkanes of at least 4 members (excludes halogenated alkanes) is 2. The smallest absolute Gasteiger partial charge is 0.115 e. The van der Waals surface area contributed by atoms with E-state index in [1.807, 2.05) is 19.1 Å². The quantitative estimate of drug-likeness (QED) is 0.732. The molecule has 1 heteroatoms. The van der Waals surface area contributed by atoms with Crippen LogP contribution in [-0.2, 0) is 0 Å². The molecule has 0 bridgehead atoms. The van der Waals surface area contributed by atoms with E-state index < -0.39 is 0 Å². The van der Waals surface area contributed by atoms with Gasteiger partial charge in [0, 0.05) is 0 Å². The number of aromatic hydroxyl groups is 1. The molecule has 0 aliphatic rings. The zero-order chi connectivity index (χ0) is 10.1. The lowest BCUT2D eigenvalue weighted by molar-refractivity contribution is 0.475. The normalized spacial score (nSPS) is 8.85. The Morgan fingerprint density at radius 1 is 1.00 bits per heavy atom. The molecule has 74 valence electrons. The minimum Gasteiger partial charge on any atom is -0.508 e. The number of hydrogen-bond acceptors (Lipinski definition) is 1. The summed E-state index contributed by atoms with van der Waals surface area (Å²) >= 11 is 0. The molecule has 0 atom stereocenters. The molecule has 13 heavy (non-hydrogen) atoms. The molecule has 0 aliphatic heterocycles. The Bertz CT molecular complexity index is 178. The van der Waals surface area contributed by atoms with Crippen LogP contribution in [0.25, 0.3) is 0 Å². The van der Waals surface area contributed by atoms with Crippen LogP contribution in [0.15, 0.2) is 24.3 Å². The Labute approximate surface area is 81.4 Å². The van der Waals surface area contributed by atoms with Crippen LogP contribution in [0.5, 0.6) is 5.75 Å². The highest BCUT2D eigenvalue weighted by Crippen LogP contribution is 2.07. The molecule has 1 aromatic rings. The van der Waals surface area contributed by atoms with Crippen molar-refractivity contribution in [1.29, 1.82) is 0 Å². The van der Waals surface area contributed by atoms with Crippen LogP contribution in [0.4, 0.5) is 0 Å². The standard InChI is InChI=1S/C7H8O.C5H12/c1-6-2-4-7(8)5-3-6;1-3-5-4-2/h2-5,8H,1H3;3-5H2,1-2H3. The second-order valence-corrected chi connectivity index (χ2v) is 3.19. The van der Waals surface area contributed by atoms with E-state index in [1.54, 1.807) is 12.1 Å². The first-order valence-corrected chi connectivity index (χ1v) is 4.96. The van der Waals surface area contributed by atoms with Crippen LogP contribution >= 0.6 is 0 Å². The molecule has 1 nitrogen and oxygen atoms in total. The molecule has 0 aliphatic carbocycles. The van der Waals surface area contributed by atoms with Gasteiger partial charge in [0.1, 0.15) is 5.75 Å². The van der Waals surface area contributed by atoms with Crippen molar-refractivity contribution in [2.45, 2.75) is 40.0 Å². The van der Waals surface area contributed by atoms with E-state index in [2.05, 4.69) is 13.8 Å². The largest absolute Gasteiger partial charge is 0.508 e. The summed E-state index contributed by atoms with van der Waals surface area (Å²) in [5.41, 5.74) is 1.17. The third-order valence-corrected chi connectivity index (χ3v) is 1.74. The van der Waals surface area contributed by atoms with Crippen LogP contribution in [0.2, 0.25) is 0 Å². The van der Waals surface area contributed by atoms with Crippen molar-refractivity contribution in [3.63, 3.8) is 0 Å². The fraction of sp³-hybridized carbons (Fsp3) is 0.500. The Hall–Kier alpha value is -0.980. The van der Waals surface area contributed by atoms with E-state index in [0.717, 1.165) is 0 Å². The predicted molar refractivity (Wildman–Crippen MR) is 58.0 cm³/mol. The molecule has 1 aromatic carbocycles. The number of hydrogen-bond donors (Lipinski definition) is 1. The lowest BCUT2D eigenvalue weighted by atomic mass is 10.2. The molecule has 0 fully saturated rings. The number of aryl methyl sites for hydroxylation is 1. The number of phenolic OH excluding ortho intramolecular Hbond substituents is 1. The lowest BCUT2D eigenvalue weighted by Crippen LogP contribution is -1.66. The summed E-state index contributed by atoms with van der Waals surface area (Å²) < 4.78 is 0. The summed E-state index contributed by atoms with van der Waals surface area (Å²) in [6.45, 7) is 6.41. The van der Waals surface area contributed by atoms with E-state index in [9.17, 15) is 0 Å². The first-order chi connectivity index (χ1) is 6.20. The first-order valence-electron chi connectivity index (χ1n) is 4.96. The molecular formula is C12H20O. The molecule has 0 unspecified atom stereocenters. The molecular weight excluding hydrogens is 160 g/mol. The second kappa shape index (κ2) is 7.66. The van der Waals surface area contributed by atoms with Gasteiger partial charge >= 0.3 is 0 Å². The minimum atomic E-state index is 0.329. The molecule has 0 heterocycles. The Balaban J connectivity index is 0.000000252. The van der Waals surface area contributed by atoms with Gasteiger partial charge in [-0.25, -0.2) is 0 Å². The zero-order valence-corrected chi connectivity index (χ0v) is 8.88. The fourth-order valence-corrected chi connectivity index (χ4v) is 0.898. The average molecular weight is 180 g/mol. The third-order valence-electron chi connectivity index (χ3n) is 1.74. The number of benzene rings is 1. The fourth-order valence-electron chi connectivity index (χ4n) is 0.898. The third kappa shape index (κ3) is 7.38. The van der Waals surface area contributed by atoms with Gasteiger partial charge in [-0.3, -0.25) is 0 Å². The van der Waals surface area contributed by atoms with Crippen LogP contribution in [0.1, 0.15) is 38.7 Å². The summed E-state index contributed by atoms with van der Waals surface area (Å²) in [6, 6.07) is 7.09. The summed E-state index contributed by atoms with van der Waals surface area (Å²) in [4.78, 5) is 0. The summed E-state index contributed by atoms with van der Waals surface area (Å²) in [5, 5.41) is 8.76. The van der Waals surface area contributed by atoms with E-state index >= 15 is 0 Å². The van der Waals surface area contributed by atoms with Gasteiger partial charge in [0.25, 0.3) is 0 Å². The summed E-state index contributed by atoms with van der Waals surface area (Å²) in [7, 11) is 0. The molecule has 1 rings (SSSR count). The van der Waals surface area contributed by atoms with Gasteiger partial charge in [0.2, 0.25) is 0 Å². The van der Waals surface area contributed by atoms with Crippen molar-refractivity contribution in [1.82, 2.24) is 0 Å². The second-order valence-electron chi connectivity index (χ2n) is 3.19. The highest BCUT2D eigenvalue weighted by atomic mass is 16.3. The van der Waals surface area contributed by atoms with Crippen LogP contribution in [-0.4, -0.2) is 5.11 Å². The van der Waals surface area contributed by atoms with Gasteiger partial charge in [-0.1, -0.05) is 50.8 Å². The number of rotatable bonds is 2. The average Bonchev–Trinajstić information content (AvgIpc) is 2.13. The molecule has 0 aromatic heterocycles. The maximum Gasteiger partial charge on any atom is 0.115 e. The van der Waals surface area contributed by atoms with Gasteiger partial charge in [-0.05, 0) is 19.1 Å². The lowest BCUT2D eigenvalue weighted by Gasteiger charge is -1.89. The van der Waals surface area contributed by atoms with E-state index in [-0.39, 0.29) is 0 Å². The summed E-state index contributed by atoms with van der Waals surface area (Å²) in [6.07, 6.45) is 4.08. The van der Waals surface area contributed by atoms with Gasteiger partial charge in [0.15, 0.2) is 0 Å². The maximum absolute atomic E-state index is 8.76. The van der Waals surface area contributed by atoms with Crippen molar-refractivity contribution >= 4 is 0 Å².